The van der Waals surface area contributed by atoms with Crippen LogP contribution >= 0.6 is 0 Å². The summed E-state index contributed by atoms with van der Waals surface area (Å²) in [4.78, 5) is 34.6. The molecule has 142 valence electrons. The molecular weight excluding hydrogens is 344 g/mol. The fraction of sp³-hybridized carbons (Fsp3) is 0.450. The highest BCUT2D eigenvalue weighted by atomic mass is 16.5. The zero-order valence-corrected chi connectivity index (χ0v) is 15.6. The highest BCUT2D eigenvalue weighted by Gasteiger charge is 2.34. The number of amides is 2. The number of carbonyl (C=O) groups excluding carboxylic acids is 2. The lowest BCUT2D eigenvalue weighted by atomic mass is 9.89. The van der Waals surface area contributed by atoms with Crippen molar-refractivity contribution < 1.29 is 14.3 Å². The van der Waals surface area contributed by atoms with Crippen molar-refractivity contribution >= 4 is 17.5 Å². The molecule has 0 unspecified atom stereocenters. The first kappa shape index (κ1) is 17.6. The second-order valence-electron chi connectivity index (χ2n) is 7.30. The van der Waals surface area contributed by atoms with Crippen LogP contribution in [0.25, 0.3) is 0 Å². The van der Waals surface area contributed by atoms with Crippen LogP contribution in [-0.2, 0) is 22.4 Å². The predicted octanol–water partition coefficient (Wildman–Crippen LogP) is 1.75. The topological polar surface area (TPSA) is 87.3 Å². The number of hydrogen-bond donors (Lipinski definition) is 2. The smallest absolute Gasteiger partial charge is 0.229 e. The molecule has 1 aliphatic carbocycles. The summed E-state index contributed by atoms with van der Waals surface area (Å²) in [6.45, 7) is 2.43. The molecule has 2 aromatic rings. The monoisotopic (exact) mass is 368 g/mol. The van der Waals surface area contributed by atoms with Gasteiger partial charge in [0.05, 0.1) is 18.8 Å². The predicted molar refractivity (Wildman–Crippen MR) is 101 cm³/mol. The Bertz CT molecular complexity index is 859. The number of benzene rings is 1. The highest BCUT2D eigenvalue weighted by Crippen LogP contribution is 2.26. The van der Waals surface area contributed by atoms with Crippen molar-refractivity contribution in [2.75, 3.05) is 18.6 Å². The largest absolute Gasteiger partial charge is 0.497 e. The minimum atomic E-state index is -0.156. The van der Waals surface area contributed by atoms with Gasteiger partial charge in [-0.25, -0.2) is 4.98 Å². The van der Waals surface area contributed by atoms with Gasteiger partial charge >= 0.3 is 0 Å². The first-order valence-corrected chi connectivity index (χ1v) is 9.32. The Balaban J connectivity index is 1.37. The maximum Gasteiger partial charge on any atom is 0.229 e. The van der Waals surface area contributed by atoms with E-state index in [0.29, 0.717) is 19.4 Å². The Morgan fingerprint density at radius 1 is 1.30 bits per heavy atom. The molecule has 1 fully saturated rings. The fourth-order valence-corrected chi connectivity index (χ4v) is 3.98. The normalized spacial score (nSPS) is 21.9. The lowest BCUT2D eigenvalue weighted by Gasteiger charge is -2.23. The molecule has 2 aliphatic rings. The Hall–Kier alpha value is -2.83. The summed E-state index contributed by atoms with van der Waals surface area (Å²) < 4.78 is 5.16. The van der Waals surface area contributed by atoms with Crippen molar-refractivity contribution in [2.24, 2.45) is 5.92 Å². The summed E-state index contributed by atoms with van der Waals surface area (Å²) in [6.07, 6.45) is 2.63. The van der Waals surface area contributed by atoms with Crippen LogP contribution in [0.2, 0.25) is 0 Å². The van der Waals surface area contributed by atoms with Crippen molar-refractivity contribution in [1.29, 1.82) is 0 Å². The van der Waals surface area contributed by atoms with Crippen LogP contribution in [0.3, 0.4) is 0 Å². The Morgan fingerprint density at radius 3 is 2.81 bits per heavy atom. The van der Waals surface area contributed by atoms with Gasteiger partial charge in [0.2, 0.25) is 11.8 Å². The SMILES string of the molecule is COc1ccc(N2C[C@@H](NC(=O)[C@H]3CCc4nc(C)[nH]c4C3)CC2=O)cc1. The third kappa shape index (κ3) is 3.54. The minimum absolute atomic E-state index is 0.0283. The average molecular weight is 368 g/mol. The van der Waals surface area contributed by atoms with Gasteiger partial charge in [0.1, 0.15) is 11.6 Å². The van der Waals surface area contributed by atoms with E-state index >= 15 is 0 Å². The zero-order chi connectivity index (χ0) is 19.0. The van der Waals surface area contributed by atoms with Gasteiger partial charge in [-0.15, -0.1) is 0 Å². The second kappa shape index (κ2) is 7.06. The van der Waals surface area contributed by atoms with E-state index in [-0.39, 0.29) is 23.8 Å². The van der Waals surface area contributed by atoms with Gasteiger partial charge in [-0.1, -0.05) is 0 Å². The van der Waals surface area contributed by atoms with E-state index in [4.69, 9.17) is 4.74 Å². The van der Waals surface area contributed by atoms with E-state index in [1.54, 1.807) is 12.0 Å². The molecule has 27 heavy (non-hydrogen) atoms. The lowest BCUT2D eigenvalue weighted by molar-refractivity contribution is -0.126. The zero-order valence-electron chi connectivity index (χ0n) is 15.6. The summed E-state index contributed by atoms with van der Waals surface area (Å²) in [7, 11) is 1.61. The third-order valence-corrected chi connectivity index (χ3v) is 5.39. The standard InChI is InChI=1S/C20H24N4O3/c1-12-21-17-8-3-13(9-18(17)22-12)20(26)23-14-10-19(25)24(11-14)15-4-6-16(27-2)7-5-15/h4-7,13-14H,3,8-11H2,1-2H3,(H,21,22)(H,23,26)/t13-,14-/m0/s1. The molecule has 7 heteroatoms. The number of methoxy groups -OCH3 is 1. The molecule has 4 rings (SSSR count). The number of aromatic nitrogens is 2. The number of aryl methyl sites for hydroxylation is 2. The van der Waals surface area contributed by atoms with Crippen molar-refractivity contribution in [3.63, 3.8) is 0 Å². The van der Waals surface area contributed by atoms with Gasteiger partial charge in [0, 0.05) is 36.7 Å². The highest BCUT2D eigenvalue weighted by molar-refractivity contribution is 5.97. The Kier molecular flexibility index (Phi) is 4.59. The number of nitrogens with one attached hydrogen (secondary N) is 2. The minimum Gasteiger partial charge on any atom is -0.497 e. The molecule has 2 amide bonds. The summed E-state index contributed by atoms with van der Waals surface area (Å²) in [5, 5.41) is 3.08. The quantitative estimate of drug-likeness (QED) is 0.861. The number of rotatable bonds is 4. The van der Waals surface area contributed by atoms with Crippen LogP contribution in [0.4, 0.5) is 5.69 Å². The fourth-order valence-electron chi connectivity index (χ4n) is 3.98. The number of H-pyrrole nitrogens is 1. The van der Waals surface area contributed by atoms with Crippen LogP contribution in [0.15, 0.2) is 24.3 Å². The Labute approximate surface area is 158 Å². The van der Waals surface area contributed by atoms with Gasteiger partial charge < -0.3 is 19.9 Å². The molecule has 2 N–H and O–H groups in total. The Morgan fingerprint density at radius 2 is 2.07 bits per heavy atom. The molecule has 0 saturated carbocycles. The molecule has 0 radical (unpaired) electrons. The molecule has 0 bridgehead atoms. The third-order valence-electron chi connectivity index (χ3n) is 5.39. The molecule has 1 aromatic heterocycles. The number of anilines is 1. The number of imidazole rings is 1. The van der Waals surface area contributed by atoms with Crippen molar-refractivity contribution in [3.8, 4) is 5.75 Å². The van der Waals surface area contributed by atoms with E-state index in [1.807, 2.05) is 31.2 Å². The van der Waals surface area contributed by atoms with Gasteiger partial charge in [-0.05, 0) is 44.0 Å². The lowest BCUT2D eigenvalue weighted by Crippen LogP contribution is -2.42. The molecule has 2 heterocycles. The number of nitrogens with zero attached hydrogens (tertiary/aromatic N) is 2. The molecule has 1 saturated heterocycles. The number of fused-ring (bicyclic) bond motifs is 1. The van der Waals surface area contributed by atoms with Gasteiger partial charge in [-0.2, -0.15) is 0 Å². The van der Waals surface area contributed by atoms with Gasteiger partial charge in [0.15, 0.2) is 0 Å². The van der Waals surface area contributed by atoms with E-state index in [9.17, 15) is 9.59 Å². The average Bonchev–Trinajstić information content (AvgIpc) is 3.22. The summed E-state index contributed by atoms with van der Waals surface area (Å²) in [5.74, 6) is 1.64. The van der Waals surface area contributed by atoms with Crippen LogP contribution in [0.5, 0.6) is 5.75 Å². The van der Waals surface area contributed by atoms with Crippen LogP contribution < -0.4 is 15.0 Å². The number of ether oxygens (including phenoxy) is 1. The molecule has 1 aromatic carbocycles. The first-order chi connectivity index (χ1) is 13.0. The number of hydrogen-bond acceptors (Lipinski definition) is 4. The number of aromatic amines is 1. The van der Waals surface area contributed by atoms with E-state index in [2.05, 4.69) is 15.3 Å². The van der Waals surface area contributed by atoms with Gasteiger partial charge in [0.25, 0.3) is 0 Å². The first-order valence-electron chi connectivity index (χ1n) is 9.32. The molecule has 2 atom stereocenters. The maximum atomic E-state index is 12.7. The number of carbonyl (C=O) groups is 2. The molecule has 1 aliphatic heterocycles. The van der Waals surface area contributed by atoms with Crippen molar-refractivity contribution in [2.45, 2.75) is 38.6 Å². The van der Waals surface area contributed by atoms with Crippen LogP contribution in [0, 0.1) is 12.8 Å². The van der Waals surface area contributed by atoms with E-state index in [1.165, 1.54) is 0 Å². The van der Waals surface area contributed by atoms with E-state index < -0.39 is 0 Å². The summed E-state index contributed by atoms with van der Waals surface area (Å²) in [5.41, 5.74) is 2.98. The summed E-state index contributed by atoms with van der Waals surface area (Å²) >= 11 is 0. The second-order valence-corrected chi connectivity index (χ2v) is 7.30. The van der Waals surface area contributed by atoms with Crippen molar-refractivity contribution in [3.05, 3.63) is 41.5 Å². The summed E-state index contributed by atoms with van der Waals surface area (Å²) in [6, 6.07) is 7.24. The molecular formula is C20H24N4O3. The van der Waals surface area contributed by atoms with Crippen LogP contribution in [0.1, 0.15) is 30.1 Å². The van der Waals surface area contributed by atoms with Crippen molar-refractivity contribution in [1.82, 2.24) is 15.3 Å². The maximum absolute atomic E-state index is 12.7. The molecule has 0 spiro atoms. The molecule has 7 nitrogen and oxygen atoms in total. The van der Waals surface area contributed by atoms with Crippen LogP contribution in [-0.4, -0.2) is 41.5 Å². The van der Waals surface area contributed by atoms with E-state index in [0.717, 1.165) is 41.5 Å². The van der Waals surface area contributed by atoms with Gasteiger partial charge in [-0.3, -0.25) is 9.59 Å².